The average Bonchev–Trinajstić information content (AvgIpc) is 1.93. The third-order valence-corrected chi connectivity index (χ3v) is 0. The van der Waals surface area contributed by atoms with Gasteiger partial charge in [-0.15, -0.1) is 0 Å². The van der Waals surface area contributed by atoms with Gasteiger partial charge in [0.1, 0.15) is 0 Å². The molecule has 0 aliphatic heterocycles. The third kappa shape index (κ3) is 200000. The van der Waals surface area contributed by atoms with Gasteiger partial charge in [-0.1, -0.05) is 0 Å². The summed E-state index contributed by atoms with van der Waals surface area (Å²) >= 11 is 0. The summed E-state index contributed by atoms with van der Waals surface area (Å²) in [5.41, 5.74) is 0. The van der Waals surface area contributed by atoms with E-state index < -0.39 is 0 Å². The van der Waals surface area contributed by atoms with Crippen molar-refractivity contribution >= 4 is 13.6 Å². The molecular formula is C9H20NO2Ru+. The molecule has 0 saturated carbocycles. The van der Waals surface area contributed by atoms with E-state index in [1.54, 1.807) is 0 Å². The zero-order valence-corrected chi connectivity index (χ0v) is 11.0. The number of hydrogen-bond donors (Lipinski definition) is 0. The second kappa shape index (κ2) is 40.5. The van der Waals surface area contributed by atoms with Gasteiger partial charge in [-0.3, -0.25) is 13.6 Å². The molecule has 0 spiro atoms. The van der Waals surface area contributed by atoms with Crippen LogP contribution in [0.1, 0.15) is 20.8 Å². The van der Waals surface area contributed by atoms with Crippen molar-refractivity contribution in [3.8, 4) is 0 Å². The molecule has 0 fully saturated rings. The van der Waals surface area contributed by atoms with E-state index in [1.807, 2.05) is 26.0 Å². The minimum Gasteiger partial charge on any atom is -0.545 e. The van der Waals surface area contributed by atoms with Gasteiger partial charge in [-0.2, -0.15) is 20.8 Å². The van der Waals surface area contributed by atoms with Crippen LogP contribution in [0.15, 0.2) is 0 Å². The van der Waals surface area contributed by atoms with E-state index >= 15 is 0 Å². The quantitative estimate of drug-likeness (QED) is 0.379. The fraction of sp³-hybridized carbons (Fsp3) is 0.667. The summed E-state index contributed by atoms with van der Waals surface area (Å²) in [6, 6.07) is 0. The number of hydrogen-bond acceptors (Lipinski definition) is 3. The molecule has 0 N–H and O–H groups in total. The van der Waals surface area contributed by atoms with Crippen LogP contribution < -0.4 is 0 Å². The van der Waals surface area contributed by atoms with Crippen LogP contribution in [0.5, 0.6) is 0 Å². The normalized spacial score (nSPS) is 6.15. The Bertz CT molecular complexity index is 48.1. The van der Waals surface area contributed by atoms with E-state index in [4.69, 9.17) is 9.59 Å². The van der Waals surface area contributed by atoms with Gasteiger partial charge in [0.05, 0.1) is 0 Å². The van der Waals surface area contributed by atoms with E-state index in [2.05, 4.69) is 34.3 Å². The van der Waals surface area contributed by atoms with Gasteiger partial charge in [0.25, 0.3) is 0 Å². The average molecular weight is 275 g/mol. The summed E-state index contributed by atoms with van der Waals surface area (Å²) in [6.45, 7) is 12.8. The molecule has 0 atom stereocenters. The maximum Gasteiger partial charge on any atom is 4.00 e. The van der Waals surface area contributed by atoms with Crippen LogP contribution >= 0.6 is 0 Å². The summed E-state index contributed by atoms with van der Waals surface area (Å²) in [7, 11) is 6.00. The molecule has 0 saturated heterocycles. The van der Waals surface area contributed by atoms with Gasteiger partial charge < -0.3 is 20.4 Å². The fourth-order valence-electron chi connectivity index (χ4n) is 0. The summed E-state index contributed by atoms with van der Waals surface area (Å²) < 4.78 is 0. The molecule has 0 amide bonds. The Morgan fingerprint density at radius 2 is 0.846 bits per heavy atom. The monoisotopic (exact) mass is 276 g/mol. The molecule has 3 nitrogen and oxygen atoms in total. The van der Waals surface area contributed by atoms with Crippen molar-refractivity contribution in [2.45, 2.75) is 20.8 Å². The SMILES string of the molecule is CN(C)C.C[C-](C)C.[CH-]=O.[CH-]=O.[Ru+4]. The Hall–Kier alpha value is -0.0766. The third-order valence-electron chi connectivity index (χ3n) is 0. The van der Waals surface area contributed by atoms with Gasteiger partial charge in [0, 0.05) is 0 Å². The molecule has 0 radical (unpaired) electrons. The Kier molecular flexibility index (Phi) is 91.3. The number of nitrogens with zero attached hydrogens (tertiary/aromatic N) is 1. The van der Waals surface area contributed by atoms with Crippen LogP contribution in [0.2, 0.25) is 0 Å². The summed E-state index contributed by atoms with van der Waals surface area (Å²) in [5, 5.41) is 0. The largest absolute Gasteiger partial charge is 4.00 e. The van der Waals surface area contributed by atoms with Crippen LogP contribution in [0.4, 0.5) is 0 Å². The van der Waals surface area contributed by atoms with Crippen molar-refractivity contribution in [3.63, 3.8) is 0 Å². The number of rotatable bonds is 0. The van der Waals surface area contributed by atoms with Crippen LogP contribution in [0.3, 0.4) is 0 Å². The van der Waals surface area contributed by atoms with Gasteiger partial charge in [-0.05, 0) is 21.1 Å². The second-order valence-electron chi connectivity index (χ2n) is 2.84. The van der Waals surface area contributed by atoms with Gasteiger partial charge in [0.2, 0.25) is 0 Å². The summed E-state index contributed by atoms with van der Waals surface area (Å²) in [5.74, 6) is 1.42. The second-order valence-corrected chi connectivity index (χ2v) is 2.84. The van der Waals surface area contributed by atoms with Crippen molar-refractivity contribution in [1.82, 2.24) is 4.90 Å². The van der Waals surface area contributed by atoms with Crippen LogP contribution in [-0.2, 0) is 29.1 Å². The van der Waals surface area contributed by atoms with Crippen molar-refractivity contribution < 1.29 is 29.1 Å². The first-order chi connectivity index (χ1) is 5.46. The first-order valence-electron chi connectivity index (χ1n) is 3.31. The Morgan fingerprint density at radius 3 is 0.846 bits per heavy atom. The van der Waals surface area contributed by atoms with E-state index in [9.17, 15) is 0 Å². The van der Waals surface area contributed by atoms with E-state index in [0.29, 0.717) is 0 Å². The minimum absolute atomic E-state index is 0. The maximum absolute atomic E-state index is 7.75. The molecule has 0 aromatic heterocycles. The molecule has 0 aromatic carbocycles. The first kappa shape index (κ1) is 29.3. The predicted molar refractivity (Wildman–Crippen MR) is 53.4 cm³/mol. The van der Waals surface area contributed by atoms with E-state index in [-0.39, 0.29) is 19.5 Å². The molecular weight excluding hydrogens is 255 g/mol. The molecule has 0 aliphatic rings. The molecule has 80 valence electrons. The molecule has 0 rings (SSSR count). The molecule has 13 heavy (non-hydrogen) atoms. The zero-order valence-electron chi connectivity index (χ0n) is 9.27. The van der Waals surface area contributed by atoms with E-state index in [0.717, 1.165) is 0 Å². The molecule has 0 aliphatic carbocycles. The Morgan fingerprint density at radius 1 is 0.846 bits per heavy atom. The molecule has 0 aromatic rings. The summed E-state index contributed by atoms with van der Waals surface area (Å²) in [4.78, 5) is 17.5. The van der Waals surface area contributed by atoms with Gasteiger partial charge in [-0.25, -0.2) is 0 Å². The zero-order chi connectivity index (χ0) is 11.2. The molecule has 4 heteroatoms. The van der Waals surface area contributed by atoms with E-state index in [1.165, 1.54) is 5.92 Å². The van der Waals surface area contributed by atoms with Crippen molar-refractivity contribution in [2.24, 2.45) is 0 Å². The van der Waals surface area contributed by atoms with Crippen LogP contribution in [0.25, 0.3) is 0 Å². The topological polar surface area (TPSA) is 37.4 Å². The fourth-order valence-corrected chi connectivity index (χ4v) is 0. The summed E-state index contributed by atoms with van der Waals surface area (Å²) in [6.07, 6.45) is 0. The Balaban J connectivity index is -0.0000000226. The first-order valence-corrected chi connectivity index (χ1v) is 3.31. The van der Waals surface area contributed by atoms with Gasteiger partial charge >= 0.3 is 19.5 Å². The minimum atomic E-state index is 0. The predicted octanol–water partition coefficient (Wildman–Crippen LogP) is 1.25. The standard InChI is InChI=1S/C4H9.C3H9N.2CHO.Ru/c2*1-4(2)3;2*1-2;/h2*1-3H3;2*1H;/q-1;;2*-1;+4. The van der Waals surface area contributed by atoms with Crippen molar-refractivity contribution in [3.05, 3.63) is 5.92 Å². The molecule has 0 heterocycles. The van der Waals surface area contributed by atoms with Gasteiger partial charge in [0.15, 0.2) is 0 Å². The maximum atomic E-state index is 7.75. The number of carbonyl (C=O) groups excluding carboxylic acids is 2. The van der Waals surface area contributed by atoms with Crippen LogP contribution in [0, 0.1) is 5.92 Å². The van der Waals surface area contributed by atoms with Crippen molar-refractivity contribution in [1.29, 1.82) is 0 Å². The van der Waals surface area contributed by atoms with Crippen molar-refractivity contribution in [2.75, 3.05) is 21.1 Å². The molecule has 0 bridgehead atoms. The molecule has 0 unspecified atom stereocenters. The Labute approximate surface area is 95.6 Å². The van der Waals surface area contributed by atoms with Crippen LogP contribution in [-0.4, -0.2) is 39.6 Å². The smallest absolute Gasteiger partial charge is 0.545 e.